The van der Waals surface area contributed by atoms with Gasteiger partial charge in [0, 0.05) is 0 Å². The van der Waals surface area contributed by atoms with Crippen molar-refractivity contribution >= 4 is 29.2 Å². The number of aliphatic carboxylic acids is 1. The standard InChI is InChI=1S/C15H12Cl2O2/c1-9(15(18)19)10-3-2-4-11(7-10)12-5-6-13(16)14(17)8-12/h2-9H,1H3,(H,18,19). The molecule has 1 N–H and O–H groups in total. The van der Waals surface area contributed by atoms with E-state index in [1.807, 2.05) is 24.3 Å². The van der Waals surface area contributed by atoms with Crippen molar-refractivity contribution in [2.75, 3.05) is 0 Å². The van der Waals surface area contributed by atoms with E-state index in [0.29, 0.717) is 10.0 Å². The minimum atomic E-state index is -0.841. The van der Waals surface area contributed by atoms with Gasteiger partial charge in [0.25, 0.3) is 0 Å². The minimum Gasteiger partial charge on any atom is -0.481 e. The molecule has 0 spiro atoms. The zero-order valence-electron chi connectivity index (χ0n) is 10.2. The van der Waals surface area contributed by atoms with E-state index in [-0.39, 0.29) is 0 Å². The summed E-state index contributed by atoms with van der Waals surface area (Å²) < 4.78 is 0. The van der Waals surface area contributed by atoms with Gasteiger partial charge in [-0.25, -0.2) is 0 Å². The van der Waals surface area contributed by atoms with Gasteiger partial charge in [-0.15, -0.1) is 0 Å². The average Bonchev–Trinajstić information content (AvgIpc) is 2.41. The second kappa shape index (κ2) is 5.64. The lowest BCUT2D eigenvalue weighted by Gasteiger charge is -2.09. The maximum Gasteiger partial charge on any atom is 0.310 e. The largest absolute Gasteiger partial charge is 0.481 e. The summed E-state index contributed by atoms with van der Waals surface area (Å²) in [7, 11) is 0. The molecule has 0 saturated heterocycles. The predicted octanol–water partition coefficient (Wildman–Crippen LogP) is 4.85. The summed E-state index contributed by atoms with van der Waals surface area (Å²) in [5, 5.41) is 10.0. The maximum atomic E-state index is 11.0. The van der Waals surface area contributed by atoms with E-state index in [0.717, 1.165) is 16.7 Å². The number of carbonyl (C=O) groups is 1. The molecule has 0 aliphatic rings. The van der Waals surface area contributed by atoms with Gasteiger partial charge in [0.15, 0.2) is 0 Å². The molecule has 0 saturated carbocycles. The van der Waals surface area contributed by atoms with E-state index < -0.39 is 11.9 Å². The van der Waals surface area contributed by atoms with Gasteiger partial charge in [-0.05, 0) is 35.7 Å². The molecule has 0 amide bonds. The van der Waals surface area contributed by atoms with Crippen molar-refractivity contribution in [2.24, 2.45) is 0 Å². The molecular weight excluding hydrogens is 283 g/mol. The van der Waals surface area contributed by atoms with Crippen LogP contribution in [0.15, 0.2) is 42.5 Å². The predicted molar refractivity (Wildman–Crippen MR) is 77.9 cm³/mol. The molecule has 98 valence electrons. The zero-order chi connectivity index (χ0) is 14.0. The van der Waals surface area contributed by atoms with E-state index in [4.69, 9.17) is 28.3 Å². The Morgan fingerprint density at radius 1 is 1.05 bits per heavy atom. The first kappa shape index (κ1) is 13.9. The van der Waals surface area contributed by atoms with Gasteiger partial charge >= 0.3 is 5.97 Å². The summed E-state index contributed by atoms with van der Waals surface area (Å²) >= 11 is 11.9. The molecule has 19 heavy (non-hydrogen) atoms. The highest BCUT2D eigenvalue weighted by Gasteiger charge is 2.14. The Balaban J connectivity index is 2.43. The summed E-state index contributed by atoms with van der Waals surface area (Å²) in [6.45, 7) is 1.66. The van der Waals surface area contributed by atoms with E-state index >= 15 is 0 Å². The highest BCUT2D eigenvalue weighted by Crippen LogP contribution is 2.30. The lowest BCUT2D eigenvalue weighted by molar-refractivity contribution is -0.138. The number of rotatable bonds is 3. The first-order valence-corrected chi connectivity index (χ1v) is 6.53. The first-order chi connectivity index (χ1) is 8.99. The summed E-state index contributed by atoms with van der Waals surface area (Å²) in [5.41, 5.74) is 2.59. The van der Waals surface area contributed by atoms with Gasteiger partial charge in [-0.1, -0.05) is 53.5 Å². The molecule has 0 aromatic heterocycles. The number of hydrogen-bond acceptors (Lipinski definition) is 1. The number of halogens is 2. The molecule has 0 aliphatic carbocycles. The molecule has 0 bridgehead atoms. The van der Waals surface area contributed by atoms with E-state index in [1.54, 1.807) is 25.1 Å². The van der Waals surface area contributed by atoms with Crippen LogP contribution >= 0.6 is 23.2 Å². The molecule has 2 rings (SSSR count). The van der Waals surface area contributed by atoms with Crippen LogP contribution in [0, 0.1) is 0 Å². The van der Waals surface area contributed by atoms with Gasteiger partial charge < -0.3 is 5.11 Å². The normalized spacial score (nSPS) is 12.2. The molecule has 0 aliphatic heterocycles. The van der Waals surface area contributed by atoms with E-state index in [2.05, 4.69) is 0 Å². The topological polar surface area (TPSA) is 37.3 Å². The molecule has 2 aromatic rings. The summed E-state index contributed by atoms with van der Waals surface area (Å²) in [4.78, 5) is 11.0. The monoisotopic (exact) mass is 294 g/mol. The lowest BCUT2D eigenvalue weighted by Crippen LogP contribution is -2.07. The van der Waals surface area contributed by atoms with Crippen molar-refractivity contribution in [1.29, 1.82) is 0 Å². The molecule has 1 unspecified atom stereocenters. The van der Waals surface area contributed by atoms with Crippen molar-refractivity contribution in [3.05, 3.63) is 58.1 Å². The van der Waals surface area contributed by atoms with Crippen LogP contribution in [0.2, 0.25) is 10.0 Å². The molecule has 0 fully saturated rings. The van der Waals surface area contributed by atoms with Crippen LogP contribution in [0.4, 0.5) is 0 Å². The van der Waals surface area contributed by atoms with Crippen molar-refractivity contribution < 1.29 is 9.90 Å². The van der Waals surface area contributed by atoms with E-state index in [9.17, 15) is 4.79 Å². The SMILES string of the molecule is CC(C(=O)O)c1cccc(-c2ccc(Cl)c(Cl)c2)c1. The van der Waals surface area contributed by atoms with Gasteiger partial charge in [0.2, 0.25) is 0 Å². The van der Waals surface area contributed by atoms with Gasteiger partial charge in [-0.3, -0.25) is 4.79 Å². The quantitative estimate of drug-likeness (QED) is 0.879. The number of carboxylic acids is 1. The van der Waals surface area contributed by atoms with Gasteiger partial charge in [0.05, 0.1) is 16.0 Å². The first-order valence-electron chi connectivity index (χ1n) is 5.77. The summed E-state index contributed by atoms with van der Waals surface area (Å²) in [6.07, 6.45) is 0. The van der Waals surface area contributed by atoms with Crippen LogP contribution in [0.1, 0.15) is 18.4 Å². The van der Waals surface area contributed by atoms with Crippen LogP contribution in [0.5, 0.6) is 0 Å². The molecule has 0 radical (unpaired) electrons. The Bertz CT molecular complexity index is 623. The number of hydrogen-bond donors (Lipinski definition) is 1. The second-order valence-corrected chi connectivity index (χ2v) is 5.13. The Morgan fingerprint density at radius 3 is 2.37 bits per heavy atom. The van der Waals surface area contributed by atoms with Crippen molar-refractivity contribution in [1.82, 2.24) is 0 Å². The number of benzene rings is 2. The Morgan fingerprint density at radius 2 is 1.74 bits per heavy atom. The highest BCUT2D eigenvalue weighted by molar-refractivity contribution is 6.42. The molecule has 1 atom stereocenters. The lowest BCUT2D eigenvalue weighted by atomic mass is 9.96. The van der Waals surface area contributed by atoms with Crippen molar-refractivity contribution in [2.45, 2.75) is 12.8 Å². The van der Waals surface area contributed by atoms with Gasteiger partial charge in [0.1, 0.15) is 0 Å². The third-order valence-corrected chi connectivity index (χ3v) is 3.75. The Hall–Kier alpha value is -1.51. The van der Waals surface area contributed by atoms with Crippen LogP contribution in [-0.4, -0.2) is 11.1 Å². The van der Waals surface area contributed by atoms with Crippen LogP contribution in [0.25, 0.3) is 11.1 Å². The van der Waals surface area contributed by atoms with E-state index in [1.165, 1.54) is 0 Å². The Labute approximate surface area is 121 Å². The average molecular weight is 295 g/mol. The fourth-order valence-electron chi connectivity index (χ4n) is 1.81. The minimum absolute atomic E-state index is 0.482. The summed E-state index contributed by atoms with van der Waals surface area (Å²) in [6, 6.07) is 12.8. The Kier molecular flexibility index (Phi) is 4.13. The van der Waals surface area contributed by atoms with Crippen LogP contribution < -0.4 is 0 Å². The van der Waals surface area contributed by atoms with Crippen LogP contribution in [-0.2, 0) is 4.79 Å². The van der Waals surface area contributed by atoms with Crippen molar-refractivity contribution in [3.63, 3.8) is 0 Å². The molecule has 2 aromatic carbocycles. The zero-order valence-corrected chi connectivity index (χ0v) is 11.7. The second-order valence-electron chi connectivity index (χ2n) is 4.31. The van der Waals surface area contributed by atoms with Crippen molar-refractivity contribution in [3.8, 4) is 11.1 Å². The molecule has 0 heterocycles. The van der Waals surface area contributed by atoms with Gasteiger partial charge in [-0.2, -0.15) is 0 Å². The summed E-state index contributed by atoms with van der Waals surface area (Å²) in [5.74, 6) is -1.38. The maximum absolute atomic E-state index is 11.0. The fraction of sp³-hybridized carbons (Fsp3) is 0.133. The third-order valence-electron chi connectivity index (χ3n) is 3.01. The third kappa shape index (κ3) is 3.09. The molecule has 4 heteroatoms. The fourth-order valence-corrected chi connectivity index (χ4v) is 2.10. The molecular formula is C15H12Cl2O2. The number of carboxylic acid groups (broad SMARTS) is 1. The van der Waals surface area contributed by atoms with Crippen LogP contribution in [0.3, 0.4) is 0 Å². The smallest absolute Gasteiger partial charge is 0.310 e. The molecule has 2 nitrogen and oxygen atoms in total. The highest BCUT2D eigenvalue weighted by atomic mass is 35.5.